The molecule has 1 N–H and O–H groups in total. The molecule has 0 spiro atoms. The Hall–Kier alpha value is -0.610. The third-order valence-electron chi connectivity index (χ3n) is 3.82. The van der Waals surface area contributed by atoms with Crippen molar-refractivity contribution in [3.8, 4) is 0 Å². The van der Waals surface area contributed by atoms with E-state index in [1.54, 1.807) is 7.11 Å². The van der Waals surface area contributed by atoms with Crippen LogP contribution in [0.4, 0.5) is 0 Å². The van der Waals surface area contributed by atoms with Crippen LogP contribution in [-0.4, -0.2) is 49.2 Å². The maximum atomic E-state index is 12.1. The van der Waals surface area contributed by atoms with E-state index < -0.39 is 0 Å². The zero-order valence-corrected chi connectivity index (χ0v) is 10.2. The summed E-state index contributed by atoms with van der Waals surface area (Å²) in [6, 6.07) is 0.479. The van der Waals surface area contributed by atoms with Crippen molar-refractivity contribution in [1.82, 2.24) is 10.2 Å². The maximum Gasteiger partial charge on any atom is 0.240 e. The highest BCUT2D eigenvalue weighted by molar-refractivity contribution is 5.84. The second kappa shape index (κ2) is 5.15. The van der Waals surface area contributed by atoms with Gasteiger partial charge in [-0.15, -0.1) is 0 Å². The Kier molecular flexibility index (Phi) is 3.82. The van der Waals surface area contributed by atoms with Gasteiger partial charge in [0.2, 0.25) is 5.91 Å². The summed E-state index contributed by atoms with van der Waals surface area (Å²) in [5.41, 5.74) is 0. The molecular weight excluding hydrogens is 204 g/mol. The van der Waals surface area contributed by atoms with Crippen molar-refractivity contribution >= 4 is 5.91 Å². The Morgan fingerprint density at radius 2 is 2.25 bits per heavy atom. The second-order valence-electron chi connectivity index (χ2n) is 4.76. The highest BCUT2D eigenvalue weighted by Gasteiger charge is 2.38. The Labute approximate surface area is 97.3 Å². The lowest BCUT2D eigenvalue weighted by Gasteiger charge is -2.24. The predicted molar refractivity (Wildman–Crippen MR) is 62.2 cm³/mol. The van der Waals surface area contributed by atoms with Gasteiger partial charge in [0, 0.05) is 19.7 Å². The number of nitrogens with zero attached hydrogens (tertiary/aromatic N) is 1. The fourth-order valence-corrected chi connectivity index (χ4v) is 2.91. The minimum absolute atomic E-state index is 0.0617. The van der Waals surface area contributed by atoms with Gasteiger partial charge in [0.25, 0.3) is 0 Å². The van der Waals surface area contributed by atoms with Crippen LogP contribution in [0, 0.1) is 0 Å². The van der Waals surface area contributed by atoms with Gasteiger partial charge in [-0.05, 0) is 32.2 Å². The van der Waals surface area contributed by atoms with Gasteiger partial charge in [0.1, 0.15) is 0 Å². The molecule has 4 heteroatoms. The van der Waals surface area contributed by atoms with Crippen LogP contribution in [-0.2, 0) is 9.53 Å². The van der Waals surface area contributed by atoms with Crippen molar-refractivity contribution in [3.63, 3.8) is 0 Å². The quantitative estimate of drug-likeness (QED) is 0.769. The molecule has 0 aromatic rings. The molecule has 1 saturated carbocycles. The summed E-state index contributed by atoms with van der Waals surface area (Å²) < 4.78 is 5.36. The molecule has 0 bridgehead atoms. The summed E-state index contributed by atoms with van der Waals surface area (Å²) in [6.07, 6.45) is 4.53. The first-order valence-electron chi connectivity index (χ1n) is 6.33. The summed E-state index contributed by atoms with van der Waals surface area (Å²) in [7, 11) is 1.76. The number of likely N-dealkylation sites (tertiary alicyclic amines) is 1. The molecule has 2 fully saturated rings. The third kappa shape index (κ3) is 2.23. The van der Waals surface area contributed by atoms with E-state index in [0.29, 0.717) is 18.1 Å². The molecule has 1 amide bonds. The minimum atomic E-state index is 0.0617. The van der Waals surface area contributed by atoms with E-state index >= 15 is 0 Å². The van der Waals surface area contributed by atoms with Gasteiger partial charge in [0.05, 0.1) is 12.1 Å². The van der Waals surface area contributed by atoms with Crippen LogP contribution >= 0.6 is 0 Å². The SMILES string of the molecule is CCNC1CCN(C2CCC(OC)C2)C1=O. The number of hydrogen-bond donors (Lipinski definition) is 1. The molecule has 0 aromatic heterocycles. The van der Waals surface area contributed by atoms with Crippen LogP contribution in [0.15, 0.2) is 0 Å². The minimum Gasteiger partial charge on any atom is -0.381 e. The molecule has 2 aliphatic rings. The number of methoxy groups -OCH3 is 1. The lowest BCUT2D eigenvalue weighted by atomic mass is 10.2. The number of amides is 1. The van der Waals surface area contributed by atoms with Crippen LogP contribution in [0.5, 0.6) is 0 Å². The first-order chi connectivity index (χ1) is 7.76. The topological polar surface area (TPSA) is 41.6 Å². The second-order valence-corrected chi connectivity index (χ2v) is 4.76. The van der Waals surface area contributed by atoms with Crippen molar-refractivity contribution in [1.29, 1.82) is 0 Å². The number of carbonyl (C=O) groups excluding carboxylic acids is 1. The average Bonchev–Trinajstić information content (AvgIpc) is 2.87. The van der Waals surface area contributed by atoms with Crippen LogP contribution in [0.3, 0.4) is 0 Å². The highest BCUT2D eigenvalue weighted by atomic mass is 16.5. The van der Waals surface area contributed by atoms with Crippen LogP contribution in [0.1, 0.15) is 32.6 Å². The van der Waals surface area contributed by atoms with Crippen LogP contribution < -0.4 is 5.32 Å². The number of likely N-dealkylation sites (N-methyl/N-ethyl adjacent to an activating group) is 1. The Morgan fingerprint density at radius 3 is 2.88 bits per heavy atom. The van der Waals surface area contributed by atoms with E-state index in [1.807, 2.05) is 6.92 Å². The number of hydrogen-bond acceptors (Lipinski definition) is 3. The van der Waals surface area contributed by atoms with Crippen molar-refractivity contribution in [3.05, 3.63) is 0 Å². The van der Waals surface area contributed by atoms with Crippen molar-refractivity contribution < 1.29 is 9.53 Å². The summed E-state index contributed by atoms with van der Waals surface area (Å²) >= 11 is 0. The lowest BCUT2D eigenvalue weighted by molar-refractivity contribution is -0.131. The van der Waals surface area contributed by atoms with Gasteiger partial charge in [-0.1, -0.05) is 6.92 Å². The van der Waals surface area contributed by atoms with E-state index in [4.69, 9.17) is 4.74 Å². The van der Waals surface area contributed by atoms with Gasteiger partial charge in [0.15, 0.2) is 0 Å². The summed E-state index contributed by atoms with van der Waals surface area (Å²) in [4.78, 5) is 14.2. The lowest BCUT2D eigenvalue weighted by Crippen LogP contribution is -2.42. The van der Waals surface area contributed by atoms with E-state index in [1.165, 1.54) is 0 Å². The smallest absolute Gasteiger partial charge is 0.240 e. The van der Waals surface area contributed by atoms with E-state index in [0.717, 1.165) is 38.8 Å². The van der Waals surface area contributed by atoms with E-state index in [-0.39, 0.29) is 6.04 Å². The maximum absolute atomic E-state index is 12.1. The van der Waals surface area contributed by atoms with E-state index in [2.05, 4.69) is 10.2 Å². The van der Waals surface area contributed by atoms with Gasteiger partial charge in [-0.25, -0.2) is 0 Å². The Morgan fingerprint density at radius 1 is 1.44 bits per heavy atom. The van der Waals surface area contributed by atoms with Crippen LogP contribution in [0.2, 0.25) is 0 Å². The molecule has 0 radical (unpaired) electrons. The molecule has 1 heterocycles. The average molecular weight is 226 g/mol. The van der Waals surface area contributed by atoms with Crippen molar-refractivity contribution in [2.75, 3.05) is 20.2 Å². The third-order valence-corrected chi connectivity index (χ3v) is 3.82. The van der Waals surface area contributed by atoms with Gasteiger partial charge < -0.3 is 15.0 Å². The summed E-state index contributed by atoms with van der Waals surface area (Å²) in [5.74, 6) is 0.295. The highest BCUT2D eigenvalue weighted by Crippen LogP contribution is 2.29. The summed E-state index contributed by atoms with van der Waals surface area (Å²) in [6.45, 7) is 3.83. The fourth-order valence-electron chi connectivity index (χ4n) is 2.91. The Bertz CT molecular complexity index is 257. The molecule has 16 heavy (non-hydrogen) atoms. The molecule has 1 saturated heterocycles. The fraction of sp³-hybridized carbons (Fsp3) is 0.917. The van der Waals surface area contributed by atoms with E-state index in [9.17, 15) is 4.79 Å². The molecule has 3 unspecified atom stereocenters. The number of rotatable bonds is 4. The first kappa shape index (κ1) is 11.9. The normalized spacial score (nSPS) is 35.0. The van der Waals surface area contributed by atoms with Gasteiger partial charge in [-0.2, -0.15) is 0 Å². The number of ether oxygens (including phenoxy) is 1. The largest absolute Gasteiger partial charge is 0.381 e. The van der Waals surface area contributed by atoms with Crippen molar-refractivity contribution in [2.45, 2.75) is 50.8 Å². The zero-order valence-electron chi connectivity index (χ0n) is 10.2. The van der Waals surface area contributed by atoms with Crippen LogP contribution in [0.25, 0.3) is 0 Å². The zero-order chi connectivity index (χ0) is 11.5. The molecule has 1 aliphatic heterocycles. The van der Waals surface area contributed by atoms with Gasteiger partial charge >= 0.3 is 0 Å². The summed E-state index contributed by atoms with van der Waals surface area (Å²) in [5, 5.41) is 3.25. The predicted octanol–water partition coefficient (Wildman–Crippen LogP) is 0.764. The molecular formula is C12H22N2O2. The monoisotopic (exact) mass is 226 g/mol. The van der Waals surface area contributed by atoms with Crippen molar-refractivity contribution in [2.24, 2.45) is 0 Å². The molecule has 4 nitrogen and oxygen atoms in total. The van der Waals surface area contributed by atoms with Gasteiger partial charge in [-0.3, -0.25) is 4.79 Å². The number of carbonyl (C=O) groups is 1. The Balaban J connectivity index is 1.89. The standard InChI is InChI=1S/C12H22N2O2/c1-3-13-11-6-7-14(12(11)15)9-4-5-10(8-9)16-2/h9-11,13H,3-8H2,1-2H3. The molecule has 1 aliphatic carbocycles. The molecule has 3 atom stereocenters. The molecule has 2 rings (SSSR count). The number of nitrogens with one attached hydrogen (secondary N) is 1. The first-order valence-corrected chi connectivity index (χ1v) is 6.33. The molecule has 92 valence electrons. The molecule has 0 aromatic carbocycles.